The van der Waals surface area contributed by atoms with Gasteiger partial charge < -0.3 is 10.1 Å². The van der Waals surface area contributed by atoms with Crippen molar-refractivity contribution in [2.24, 2.45) is 0 Å². The van der Waals surface area contributed by atoms with E-state index in [2.05, 4.69) is 20.2 Å². The van der Waals surface area contributed by atoms with Crippen LogP contribution in [0, 0.1) is 6.92 Å². The lowest BCUT2D eigenvalue weighted by Gasteiger charge is -2.26. The van der Waals surface area contributed by atoms with Crippen molar-refractivity contribution in [3.63, 3.8) is 0 Å². The van der Waals surface area contributed by atoms with Gasteiger partial charge >= 0.3 is 0 Å². The quantitative estimate of drug-likeness (QED) is 0.751. The third kappa shape index (κ3) is 5.14. The average molecular weight is 342 g/mol. The molecule has 2 N–H and O–H groups in total. The predicted octanol–water partition coefficient (Wildman–Crippen LogP) is 1.80. The molecule has 134 valence electrons. The number of morpholine rings is 1. The monoisotopic (exact) mass is 342 g/mol. The SMILES string of the molecule is Cc1nc(NCCCN2CCOCC2)[nH]c(=O)c1Cc1ccccc1. The van der Waals surface area contributed by atoms with Gasteiger partial charge in [-0.05, 0) is 25.5 Å². The molecule has 6 heteroatoms. The minimum atomic E-state index is -0.0629. The van der Waals surface area contributed by atoms with Crippen molar-refractivity contribution in [1.29, 1.82) is 0 Å². The molecule has 1 fully saturated rings. The van der Waals surface area contributed by atoms with Crippen molar-refractivity contribution in [3.05, 3.63) is 57.5 Å². The van der Waals surface area contributed by atoms with E-state index in [0.717, 1.165) is 62.6 Å². The van der Waals surface area contributed by atoms with Crippen molar-refractivity contribution in [2.75, 3.05) is 44.7 Å². The van der Waals surface area contributed by atoms with Gasteiger partial charge in [0.15, 0.2) is 0 Å². The van der Waals surface area contributed by atoms with Crippen molar-refractivity contribution in [3.8, 4) is 0 Å². The number of rotatable bonds is 7. The maximum Gasteiger partial charge on any atom is 0.256 e. The first kappa shape index (κ1) is 17.6. The maximum atomic E-state index is 12.4. The number of hydrogen-bond acceptors (Lipinski definition) is 5. The molecular weight excluding hydrogens is 316 g/mol. The number of nitrogens with zero attached hydrogens (tertiary/aromatic N) is 2. The van der Waals surface area contributed by atoms with Crippen molar-refractivity contribution in [2.45, 2.75) is 19.8 Å². The second-order valence-corrected chi connectivity index (χ2v) is 6.38. The van der Waals surface area contributed by atoms with E-state index in [0.29, 0.717) is 12.4 Å². The van der Waals surface area contributed by atoms with Gasteiger partial charge in [0, 0.05) is 31.6 Å². The van der Waals surface area contributed by atoms with Crippen LogP contribution < -0.4 is 10.9 Å². The van der Waals surface area contributed by atoms with E-state index in [4.69, 9.17) is 4.74 Å². The molecule has 1 aliphatic heterocycles. The summed E-state index contributed by atoms with van der Waals surface area (Å²) in [6, 6.07) is 9.99. The fourth-order valence-corrected chi connectivity index (χ4v) is 3.04. The van der Waals surface area contributed by atoms with Crippen LogP contribution in [-0.2, 0) is 11.2 Å². The minimum Gasteiger partial charge on any atom is -0.379 e. The molecule has 1 aromatic carbocycles. The molecule has 0 amide bonds. The lowest BCUT2D eigenvalue weighted by atomic mass is 10.1. The zero-order chi connectivity index (χ0) is 17.5. The van der Waals surface area contributed by atoms with Crippen molar-refractivity contribution >= 4 is 5.95 Å². The molecule has 0 saturated carbocycles. The second kappa shape index (κ2) is 8.78. The molecule has 0 spiro atoms. The number of H-pyrrole nitrogens is 1. The Bertz CT molecular complexity index is 724. The lowest BCUT2D eigenvalue weighted by Crippen LogP contribution is -2.37. The number of nitrogens with one attached hydrogen (secondary N) is 2. The summed E-state index contributed by atoms with van der Waals surface area (Å²) in [6.07, 6.45) is 1.61. The van der Waals surface area contributed by atoms with E-state index in [1.54, 1.807) is 0 Å². The molecule has 6 nitrogen and oxygen atoms in total. The first-order valence-electron chi connectivity index (χ1n) is 8.90. The fourth-order valence-electron chi connectivity index (χ4n) is 3.04. The van der Waals surface area contributed by atoms with E-state index < -0.39 is 0 Å². The number of anilines is 1. The van der Waals surface area contributed by atoms with E-state index in [9.17, 15) is 4.79 Å². The Morgan fingerprint density at radius 2 is 2.00 bits per heavy atom. The summed E-state index contributed by atoms with van der Waals surface area (Å²) in [7, 11) is 0. The highest BCUT2D eigenvalue weighted by Gasteiger charge is 2.11. The minimum absolute atomic E-state index is 0.0629. The number of aromatic nitrogens is 2. The smallest absolute Gasteiger partial charge is 0.256 e. The Morgan fingerprint density at radius 1 is 1.24 bits per heavy atom. The molecule has 0 unspecified atom stereocenters. The number of aryl methyl sites for hydroxylation is 1. The molecule has 1 aliphatic rings. The standard InChI is InChI=1S/C19H26N4O2/c1-15-17(14-16-6-3-2-4-7-16)18(24)22-19(21-15)20-8-5-9-23-10-12-25-13-11-23/h2-4,6-7H,5,8-14H2,1H3,(H2,20,21,22,24). The van der Waals surface area contributed by atoms with Gasteiger partial charge in [-0.15, -0.1) is 0 Å². The summed E-state index contributed by atoms with van der Waals surface area (Å²) in [4.78, 5) is 22.2. The van der Waals surface area contributed by atoms with E-state index in [1.807, 2.05) is 37.3 Å². The largest absolute Gasteiger partial charge is 0.379 e. The molecule has 1 aromatic heterocycles. The second-order valence-electron chi connectivity index (χ2n) is 6.38. The number of hydrogen-bond donors (Lipinski definition) is 2. The van der Waals surface area contributed by atoms with Crippen LogP contribution in [0.2, 0.25) is 0 Å². The Balaban J connectivity index is 1.53. The number of ether oxygens (including phenoxy) is 1. The van der Waals surface area contributed by atoms with Gasteiger partial charge in [0.2, 0.25) is 5.95 Å². The first-order valence-corrected chi connectivity index (χ1v) is 8.90. The van der Waals surface area contributed by atoms with Crippen molar-refractivity contribution in [1.82, 2.24) is 14.9 Å². The summed E-state index contributed by atoms with van der Waals surface area (Å²) in [5.41, 5.74) is 2.56. The summed E-state index contributed by atoms with van der Waals surface area (Å²) in [6.45, 7) is 7.37. The van der Waals surface area contributed by atoms with Gasteiger partial charge in [-0.1, -0.05) is 30.3 Å². The average Bonchev–Trinajstić information content (AvgIpc) is 2.64. The third-order valence-electron chi connectivity index (χ3n) is 4.49. The summed E-state index contributed by atoms with van der Waals surface area (Å²) >= 11 is 0. The molecule has 0 radical (unpaired) electrons. The van der Waals surface area contributed by atoms with Gasteiger partial charge in [0.1, 0.15) is 0 Å². The fraction of sp³-hybridized carbons (Fsp3) is 0.474. The molecule has 2 heterocycles. The summed E-state index contributed by atoms with van der Waals surface area (Å²) in [5.74, 6) is 0.557. The van der Waals surface area contributed by atoms with Gasteiger partial charge in [-0.25, -0.2) is 4.98 Å². The highest BCUT2D eigenvalue weighted by Crippen LogP contribution is 2.09. The molecule has 25 heavy (non-hydrogen) atoms. The number of aromatic amines is 1. The Kier molecular flexibility index (Phi) is 6.19. The van der Waals surface area contributed by atoms with Crippen LogP contribution in [0.1, 0.15) is 23.2 Å². The van der Waals surface area contributed by atoms with E-state index in [1.165, 1.54) is 0 Å². The lowest BCUT2D eigenvalue weighted by molar-refractivity contribution is 0.0378. The Labute approximate surface area is 148 Å². The molecule has 2 aromatic rings. The van der Waals surface area contributed by atoms with Gasteiger partial charge in [0.05, 0.1) is 18.9 Å². The van der Waals surface area contributed by atoms with E-state index in [-0.39, 0.29) is 5.56 Å². The molecule has 0 aliphatic carbocycles. The van der Waals surface area contributed by atoms with Crippen LogP contribution >= 0.6 is 0 Å². The zero-order valence-corrected chi connectivity index (χ0v) is 14.8. The Hall–Kier alpha value is -2.18. The van der Waals surface area contributed by atoms with Crippen LogP contribution in [0.15, 0.2) is 35.1 Å². The van der Waals surface area contributed by atoms with Crippen LogP contribution in [0.3, 0.4) is 0 Å². The molecular formula is C19H26N4O2. The molecule has 0 atom stereocenters. The third-order valence-corrected chi connectivity index (χ3v) is 4.49. The molecule has 3 rings (SSSR count). The van der Waals surface area contributed by atoms with Crippen LogP contribution in [0.4, 0.5) is 5.95 Å². The normalized spacial score (nSPS) is 15.2. The zero-order valence-electron chi connectivity index (χ0n) is 14.8. The topological polar surface area (TPSA) is 70.2 Å². The van der Waals surface area contributed by atoms with E-state index >= 15 is 0 Å². The molecule has 1 saturated heterocycles. The van der Waals surface area contributed by atoms with Crippen LogP contribution in [-0.4, -0.2) is 54.3 Å². The van der Waals surface area contributed by atoms with Gasteiger partial charge in [0.25, 0.3) is 5.56 Å². The van der Waals surface area contributed by atoms with Crippen LogP contribution in [0.25, 0.3) is 0 Å². The predicted molar refractivity (Wildman–Crippen MR) is 99.2 cm³/mol. The summed E-state index contributed by atoms with van der Waals surface area (Å²) in [5, 5.41) is 3.23. The maximum absolute atomic E-state index is 12.4. The van der Waals surface area contributed by atoms with Crippen molar-refractivity contribution < 1.29 is 4.74 Å². The van der Waals surface area contributed by atoms with Gasteiger partial charge in [-0.3, -0.25) is 14.7 Å². The van der Waals surface area contributed by atoms with Gasteiger partial charge in [-0.2, -0.15) is 0 Å². The summed E-state index contributed by atoms with van der Waals surface area (Å²) < 4.78 is 5.35. The Morgan fingerprint density at radius 3 is 2.72 bits per heavy atom. The first-order chi connectivity index (χ1) is 12.2. The molecule has 0 bridgehead atoms. The number of benzene rings is 1. The highest BCUT2D eigenvalue weighted by molar-refractivity contribution is 5.32. The highest BCUT2D eigenvalue weighted by atomic mass is 16.5. The van der Waals surface area contributed by atoms with Crippen LogP contribution in [0.5, 0.6) is 0 Å².